The van der Waals surface area contributed by atoms with Gasteiger partial charge in [0.05, 0.1) is 12.0 Å². The Morgan fingerprint density at radius 2 is 2.39 bits per heavy atom. The summed E-state index contributed by atoms with van der Waals surface area (Å²) in [7, 11) is 0. The van der Waals surface area contributed by atoms with E-state index in [9.17, 15) is 0 Å². The van der Waals surface area contributed by atoms with Crippen molar-refractivity contribution in [3.8, 4) is 10.8 Å². The van der Waals surface area contributed by atoms with Gasteiger partial charge in [0.15, 0.2) is 16.6 Å². The average molecular weight is 280 g/mol. The lowest BCUT2D eigenvalue weighted by Gasteiger charge is -1.95. The number of rotatable bonds is 5. The first-order chi connectivity index (χ1) is 8.88. The van der Waals surface area contributed by atoms with Crippen LogP contribution in [0.4, 0.5) is 0 Å². The van der Waals surface area contributed by atoms with E-state index in [0.29, 0.717) is 0 Å². The number of hydrogen-bond acceptors (Lipinski definition) is 6. The smallest absolute Gasteiger partial charge is 0.235 e. The molecule has 0 radical (unpaired) electrons. The molecule has 5 nitrogen and oxygen atoms in total. The molecule has 0 aliphatic heterocycles. The summed E-state index contributed by atoms with van der Waals surface area (Å²) in [6.07, 6.45) is 2.82. The molecule has 0 bridgehead atoms. The van der Waals surface area contributed by atoms with Gasteiger partial charge in [-0.05, 0) is 24.3 Å². The van der Waals surface area contributed by atoms with E-state index in [-0.39, 0.29) is 0 Å². The second-order valence-electron chi connectivity index (χ2n) is 3.75. The van der Waals surface area contributed by atoms with E-state index in [1.165, 1.54) is 17.8 Å². The number of fused-ring (bicyclic) bond motifs is 1. The predicted octanol–water partition coefficient (Wildman–Crippen LogP) is 3.09. The van der Waals surface area contributed by atoms with Crippen molar-refractivity contribution in [3.63, 3.8) is 0 Å². The van der Waals surface area contributed by atoms with Crippen LogP contribution < -0.4 is 0 Å². The molecule has 18 heavy (non-hydrogen) atoms. The molecule has 3 aromatic rings. The third kappa shape index (κ3) is 2.15. The fourth-order valence-electron chi connectivity index (χ4n) is 1.56. The van der Waals surface area contributed by atoms with Crippen molar-refractivity contribution in [2.24, 2.45) is 0 Å². The summed E-state index contributed by atoms with van der Waals surface area (Å²) in [5, 5.41) is 13.6. The van der Waals surface area contributed by atoms with Gasteiger partial charge in [0, 0.05) is 0 Å². The van der Waals surface area contributed by atoms with E-state index in [2.05, 4.69) is 22.2 Å². The maximum atomic E-state index is 5.34. The van der Waals surface area contributed by atoms with E-state index in [1.54, 1.807) is 6.26 Å². The molecule has 0 N–H and O–H groups in total. The molecule has 0 amide bonds. The van der Waals surface area contributed by atoms with Gasteiger partial charge in [0.25, 0.3) is 0 Å². The van der Waals surface area contributed by atoms with E-state index in [4.69, 9.17) is 4.42 Å². The van der Waals surface area contributed by atoms with Crippen molar-refractivity contribution in [3.05, 3.63) is 24.2 Å². The summed E-state index contributed by atoms with van der Waals surface area (Å²) < 4.78 is 7.15. The normalized spacial score (nSPS) is 11.4. The fraction of sp³-hybridized carbons (Fsp3) is 0.364. The monoisotopic (exact) mass is 280 g/mol. The van der Waals surface area contributed by atoms with Crippen molar-refractivity contribution >= 4 is 28.1 Å². The quantitative estimate of drug-likeness (QED) is 0.672. The molecule has 0 spiro atoms. The Labute approximate surface area is 112 Å². The second-order valence-corrected chi connectivity index (χ2v) is 5.81. The van der Waals surface area contributed by atoms with Gasteiger partial charge in [-0.3, -0.25) is 0 Å². The van der Waals surface area contributed by atoms with Crippen molar-refractivity contribution < 1.29 is 4.42 Å². The van der Waals surface area contributed by atoms with Gasteiger partial charge in [-0.1, -0.05) is 18.3 Å². The molecule has 94 valence electrons. The molecule has 0 saturated carbocycles. The minimum atomic E-state index is 0.776. The van der Waals surface area contributed by atoms with Gasteiger partial charge in [-0.2, -0.15) is 16.3 Å². The van der Waals surface area contributed by atoms with Crippen LogP contribution in [0, 0.1) is 0 Å². The molecule has 0 aliphatic rings. The highest BCUT2D eigenvalue weighted by Gasteiger charge is 2.13. The Morgan fingerprint density at radius 3 is 3.17 bits per heavy atom. The third-order valence-electron chi connectivity index (χ3n) is 2.37. The van der Waals surface area contributed by atoms with Gasteiger partial charge >= 0.3 is 0 Å². The topological polar surface area (TPSA) is 56.2 Å². The number of thioether (sulfide) groups is 1. The largest absolute Gasteiger partial charge is 0.462 e. The average Bonchev–Trinajstić information content (AvgIpc) is 3.05. The summed E-state index contributed by atoms with van der Waals surface area (Å²) in [6.45, 7) is 2.17. The summed E-state index contributed by atoms with van der Waals surface area (Å²) in [5.74, 6) is 3.65. The highest BCUT2D eigenvalue weighted by molar-refractivity contribution is 7.98. The van der Waals surface area contributed by atoms with E-state index >= 15 is 0 Å². The molecule has 3 heterocycles. The fourth-order valence-corrected chi connectivity index (χ4v) is 3.18. The Morgan fingerprint density at radius 1 is 1.44 bits per heavy atom. The highest BCUT2D eigenvalue weighted by atomic mass is 32.2. The molecule has 0 unspecified atom stereocenters. The van der Waals surface area contributed by atoms with Crippen LogP contribution in [0.3, 0.4) is 0 Å². The van der Waals surface area contributed by atoms with Crippen LogP contribution in [-0.4, -0.2) is 25.6 Å². The van der Waals surface area contributed by atoms with E-state index < -0.39 is 0 Å². The maximum Gasteiger partial charge on any atom is 0.235 e. The van der Waals surface area contributed by atoms with Crippen LogP contribution in [0.15, 0.2) is 22.8 Å². The standard InChI is InChI=1S/C11H12N4OS2/c1-2-6-17-7-9-12-13-11-15(9)14-10(18-11)8-4-3-5-16-8/h3-5H,2,6-7H2,1H3. The Bertz CT molecular complexity index is 629. The van der Waals surface area contributed by atoms with Crippen molar-refractivity contribution in [1.82, 2.24) is 19.8 Å². The van der Waals surface area contributed by atoms with Gasteiger partial charge in [-0.25, -0.2) is 0 Å². The first kappa shape index (κ1) is 11.7. The van der Waals surface area contributed by atoms with Crippen molar-refractivity contribution in [2.45, 2.75) is 19.1 Å². The molecule has 0 aromatic carbocycles. The third-order valence-corrected chi connectivity index (χ3v) is 4.44. The van der Waals surface area contributed by atoms with Crippen LogP contribution >= 0.6 is 23.1 Å². The Balaban J connectivity index is 1.88. The number of hydrogen-bond donors (Lipinski definition) is 0. The van der Waals surface area contributed by atoms with Gasteiger partial charge < -0.3 is 4.42 Å². The summed E-state index contributed by atoms with van der Waals surface area (Å²) in [4.78, 5) is 0.813. The van der Waals surface area contributed by atoms with E-state index in [0.717, 1.165) is 33.1 Å². The molecule has 3 rings (SSSR count). The predicted molar refractivity (Wildman–Crippen MR) is 72.8 cm³/mol. The molecule has 0 atom stereocenters. The lowest BCUT2D eigenvalue weighted by molar-refractivity contribution is 0.580. The summed E-state index contributed by atoms with van der Waals surface area (Å²) in [6, 6.07) is 3.76. The number of nitrogens with zero attached hydrogens (tertiary/aromatic N) is 4. The van der Waals surface area contributed by atoms with Gasteiger partial charge in [-0.15, -0.1) is 15.3 Å². The first-order valence-electron chi connectivity index (χ1n) is 5.71. The van der Waals surface area contributed by atoms with Crippen LogP contribution in [0.2, 0.25) is 0 Å². The lowest BCUT2D eigenvalue weighted by atomic mass is 10.5. The highest BCUT2D eigenvalue weighted by Crippen LogP contribution is 2.26. The molecule has 3 aromatic heterocycles. The van der Waals surface area contributed by atoms with Crippen LogP contribution in [0.25, 0.3) is 15.7 Å². The molecular weight excluding hydrogens is 268 g/mol. The van der Waals surface area contributed by atoms with Gasteiger partial charge in [0.1, 0.15) is 0 Å². The second kappa shape index (κ2) is 5.11. The van der Waals surface area contributed by atoms with Crippen LogP contribution in [0.1, 0.15) is 19.2 Å². The zero-order valence-electron chi connectivity index (χ0n) is 9.87. The number of furan rings is 1. The molecule has 0 fully saturated rings. The maximum absolute atomic E-state index is 5.34. The van der Waals surface area contributed by atoms with Crippen LogP contribution in [-0.2, 0) is 5.75 Å². The minimum Gasteiger partial charge on any atom is -0.462 e. The summed E-state index contributed by atoms with van der Waals surface area (Å²) in [5.41, 5.74) is 0. The lowest BCUT2D eigenvalue weighted by Crippen LogP contribution is -1.94. The number of aromatic nitrogens is 4. The van der Waals surface area contributed by atoms with Gasteiger partial charge in [0.2, 0.25) is 4.96 Å². The zero-order valence-corrected chi connectivity index (χ0v) is 11.5. The molecule has 7 heteroatoms. The zero-order chi connectivity index (χ0) is 12.4. The summed E-state index contributed by atoms with van der Waals surface area (Å²) >= 11 is 3.34. The SMILES string of the molecule is CCCSCc1nnc2sc(-c3ccco3)nn12. The molecule has 0 aliphatic carbocycles. The van der Waals surface area contributed by atoms with E-state index in [1.807, 2.05) is 28.4 Å². The minimum absolute atomic E-state index is 0.776. The van der Waals surface area contributed by atoms with Crippen LogP contribution in [0.5, 0.6) is 0 Å². The molecular formula is C11H12N4OS2. The molecule has 0 saturated heterocycles. The van der Waals surface area contributed by atoms with Crippen molar-refractivity contribution in [2.75, 3.05) is 5.75 Å². The first-order valence-corrected chi connectivity index (χ1v) is 7.68. The van der Waals surface area contributed by atoms with Crippen molar-refractivity contribution in [1.29, 1.82) is 0 Å². The Hall–Kier alpha value is -1.34. The Kier molecular flexibility index (Phi) is 3.33.